The highest BCUT2D eigenvalue weighted by Crippen LogP contribution is 2.30. The minimum absolute atomic E-state index is 0.318. The van der Waals surface area contributed by atoms with Gasteiger partial charge in [0.05, 0.1) is 17.4 Å². The van der Waals surface area contributed by atoms with Gasteiger partial charge in [-0.25, -0.2) is 0 Å². The Labute approximate surface area is 107 Å². The van der Waals surface area contributed by atoms with Crippen LogP contribution in [0.1, 0.15) is 35.7 Å². The third kappa shape index (κ3) is 2.21. The van der Waals surface area contributed by atoms with Crippen molar-refractivity contribution in [2.45, 2.75) is 32.2 Å². The molecule has 1 atom stereocenters. The zero-order chi connectivity index (χ0) is 12.4. The molecule has 2 heterocycles. The fourth-order valence-corrected chi connectivity index (χ4v) is 2.58. The Kier molecular flexibility index (Phi) is 2.97. The van der Waals surface area contributed by atoms with Crippen LogP contribution in [0, 0.1) is 6.92 Å². The van der Waals surface area contributed by atoms with E-state index in [0.29, 0.717) is 6.04 Å². The average Bonchev–Trinajstić information content (AvgIpc) is 2.39. The summed E-state index contributed by atoms with van der Waals surface area (Å²) in [6, 6.07) is 6.66. The minimum Gasteiger partial charge on any atom is -0.375 e. The topological polar surface area (TPSA) is 37.8 Å². The summed E-state index contributed by atoms with van der Waals surface area (Å²) in [5.41, 5.74) is 4.84. The van der Waals surface area contributed by atoms with Crippen molar-refractivity contribution < 1.29 is 0 Å². The lowest BCUT2D eigenvalue weighted by molar-refractivity contribution is 0.583. The number of rotatable bonds is 2. The molecule has 0 aliphatic heterocycles. The first-order valence-corrected chi connectivity index (χ1v) is 6.45. The van der Waals surface area contributed by atoms with Gasteiger partial charge in [0.15, 0.2) is 0 Å². The van der Waals surface area contributed by atoms with Gasteiger partial charge in [0.25, 0.3) is 0 Å². The maximum atomic E-state index is 4.54. The fourth-order valence-electron chi connectivity index (χ4n) is 2.58. The van der Waals surface area contributed by atoms with Crippen LogP contribution in [-0.4, -0.2) is 9.97 Å². The Morgan fingerprint density at radius 3 is 3.17 bits per heavy atom. The molecule has 0 fully saturated rings. The monoisotopic (exact) mass is 239 g/mol. The van der Waals surface area contributed by atoms with E-state index < -0.39 is 0 Å². The van der Waals surface area contributed by atoms with Crippen LogP contribution >= 0.6 is 0 Å². The Morgan fingerprint density at radius 2 is 2.28 bits per heavy atom. The van der Waals surface area contributed by atoms with Gasteiger partial charge in [-0.05, 0) is 49.4 Å². The number of aryl methyl sites for hydroxylation is 2. The van der Waals surface area contributed by atoms with Crippen molar-refractivity contribution in [3.8, 4) is 0 Å². The van der Waals surface area contributed by atoms with Crippen molar-refractivity contribution in [3.05, 3.63) is 53.6 Å². The van der Waals surface area contributed by atoms with Crippen LogP contribution in [-0.2, 0) is 6.42 Å². The number of pyridine rings is 2. The van der Waals surface area contributed by atoms with E-state index in [1.807, 2.05) is 24.7 Å². The Hall–Kier alpha value is -1.90. The molecule has 2 aromatic rings. The minimum atomic E-state index is 0.318. The molecule has 1 N–H and O–H groups in total. The van der Waals surface area contributed by atoms with Gasteiger partial charge < -0.3 is 5.32 Å². The van der Waals surface area contributed by atoms with Crippen molar-refractivity contribution >= 4 is 5.69 Å². The lowest BCUT2D eigenvalue weighted by atomic mass is 9.92. The predicted molar refractivity (Wildman–Crippen MR) is 72.5 cm³/mol. The Morgan fingerprint density at radius 1 is 1.33 bits per heavy atom. The van der Waals surface area contributed by atoms with E-state index in [1.165, 1.54) is 23.2 Å². The maximum absolute atomic E-state index is 4.54. The lowest BCUT2D eigenvalue weighted by Crippen LogP contribution is -2.18. The van der Waals surface area contributed by atoms with Gasteiger partial charge in [-0.3, -0.25) is 9.97 Å². The van der Waals surface area contributed by atoms with E-state index in [4.69, 9.17) is 0 Å². The molecular weight excluding hydrogens is 222 g/mol. The van der Waals surface area contributed by atoms with Gasteiger partial charge in [0.2, 0.25) is 0 Å². The highest BCUT2D eigenvalue weighted by Gasteiger charge is 2.20. The first-order chi connectivity index (χ1) is 8.83. The summed E-state index contributed by atoms with van der Waals surface area (Å²) >= 11 is 0. The van der Waals surface area contributed by atoms with Crippen molar-refractivity contribution in [2.24, 2.45) is 0 Å². The molecule has 2 aromatic heterocycles. The van der Waals surface area contributed by atoms with E-state index in [0.717, 1.165) is 18.5 Å². The number of aromatic nitrogens is 2. The second-order valence-corrected chi connectivity index (χ2v) is 4.89. The van der Waals surface area contributed by atoms with Crippen molar-refractivity contribution in [1.82, 2.24) is 9.97 Å². The summed E-state index contributed by atoms with van der Waals surface area (Å²) in [6.07, 6.45) is 9.14. The normalized spacial score (nSPS) is 18.2. The summed E-state index contributed by atoms with van der Waals surface area (Å²) in [6.45, 7) is 2.06. The first kappa shape index (κ1) is 11.2. The molecule has 18 heavy (non-hydrogen) atoms. The highest BCUT2D eigenvalue weighted by atomic mass is 15.0. The fraction of sp³-hybridized carbons (Fsp3) is 0.333. The van der Waals surface area contributed by atoms with Crippen LogP contribution in [0.25, 0.3) is 0 Å². The van der Waals surface area contributed by atoms with Crippen LogP contribution in [0.3, 0.4) is 0 Å². The zero-order valence-electron chi connectivity index (χ0n) is 10.6. The molecule has 1 aliphatic rings. The summed E-state index contributed by atoms with van der Waals surface area (Å²) < 4.78 is 0. The van der Waals surface area contributed by atoms with Gasteiger partial charge in [-0.1, -0.05) is 6.07 Å². The molecule has 1 unspecified atom stereocenters. The molecule has 0 aromatic carbocycles. The molecular formula is C15H17N3. The highest BCUT2D eigenvalue weighted by molar-refractivity contribution is 5.45. The molecule has 0 saturated carbocycles. The van der Waals surface area contributed by atoms with Crippen LogP contribution < -0.4 is 5.32 Å². The van der Waals surface area contributed by atoms with Crippen molar-refractivity contribution in [1.29, 1.82) is 0 Å². The largest absolute Gasteiger partial charge is 0.375 e. The van der Waals surface area contributed by atoms with Gasteiger partial charge in [0, 0.05) is 18.6 Å². The summed E-state index contributed by atoms with van der Waals surface area (Å²) in [7, 11) is 0. The number of fused-ring (bicyclic) bond motifs is 1. The summed E-state index contributed by atoms with van der Waals surface area (Å²) in [5.74, 6) is 0. The summed E-state index contributed by atoms with van der Waals surface area (Å²) in [4.78, 5) is 8.76. The SMILES string of the molecule is Cc1cncc(NC2CCCc3cccnc32)c1. The second kappa shape index (κ2) is 4.77. The second-order valence-electron chi connectivity index (χ2n) is 4.89. The number of anilines is 1. The van der Waals surface area contributed by atoms with Crippen LogP contribution in [0.15, 0.2) is 36.8 Å². The van der Waals surface area contributed by atoms with E-state index in [9.17, 15) is 0 Å². The molecule has 0 saturated heterocycles. The zero-order valence-corrected chi connectivity index (χ0v) is 10.6. The van der Waals surface area contributed by atoms with E-state index in [2.05, 4.69) is 34.3 Å². The first-order valence-electron chi connectivity index (χ1n) is 6.45. The van der Waals surface area contributed by atoms with Crippen molar-refractivity contribution in [3.63, 3.8) is 0 Å². The molecule has 3 rings (SSSR count). The molecule has 3 heteroatoms. The van der Waals surface area contributed by atoms with E-state index in [-0.39, 0.29) is 0 Å². The van der Waals surface area contributed by atoms with Gasteiger partial charge >= 0.3 is 0 Å². The Balaban J connectivity index is 1.86. The average molecular weight is 239 g/mol. The van der Waals surface area contributed by atoms with Gasteiger partial charge in [0.1, 0.15) is 0 Å². The van der Waals surface area contributed by atoms with Crippen LogP contribution in [0.2, 0.25) is 0 Å². The molecule has 0 bridgehead atoms. The standard InChI is InChI=1S/C15H17N3/c1-11-8-13(10-16-9-11)18-14-6-2-4-12-5-3-7-17-15(12)14/h3,5,7-10,14,18H,2,4,6H2,1H3. The smallest absolute Gasteiger partial charge is 0.0688 e. The molecule has 92 valence electrons. The third-order valence-electron chi connectivity index (χ3n) is 3.41. The number of hydrogen-bond donors (Lipinski definition) is 1. The Bertz CT molecular complexity index is 551. The number of nitrogens with one attached hydrogen (secondary N) is 1. The van der Waals surface area contributed by atoms with Gasteiger partial charge in [-0.2, -0.15) is 0 Å². The molecule has 3 nitrogen and oxygen atoms in total. The van der Waals surface area contributed by atoms with E-state index >= 15 is 0 Å². The molecule has 1 aliphatic carbocycles. The number of hydrogen-bond acceptors (Lipinski definition) is 3. The third-order valence-corrected chi connectivity index (χ3v) is 3.41. The molecule has 0 amide bonds. The molecule has 0 spiro atoms. The number of nitrogens with zero attached hydrogens (tertiary/aromatic N) is 2. The summed E-state index contributed by atoms with van der Waals surface area (Å²) in [5, 5.41) is 3.55. The van der Waals surface area contributed by atoms with E-state index in [1.54, 1.807) is 0 Å². The maximum Gasteiger partial charge on any atom is 0.0688 e. The van der Waals surface area contributed by atoms with Crippen LogP contribution in [0.4, 0.5) is 5.69 Å². The predicted octanol–water partition coefficient (Wildman–Crippen LogP) is 3.27. The van der Waals surface area contributed by atoms with Gasteiger partial charge in [-0.15, -0.1) is 0 Å². The quantitative estimate of drug-likeness (QED) is 0.874. The lowest BCUT2D eigenvalue weighted by Gasteiger charge is -2.25. The van der Waals surface area contributed by atoms with Crippen LogP contribution in [0.5, 0.6) is 0 Å². The molecule has 0 radical (unpaired) electrons. The van der Waals surface area contributed by atoms with Crippen molar-refractivity contribution in [2.75, 3.05) is 5.32 Å².